The Kier molecular flexibility index (Phi) is 9.87. The van der Waals surface area contributed by atoms with Gasteiger partial charge in [0.15, 0.2) is 11.5 Å². The minimum atomic E-state index is -4.80. The SMILES string of the molecule is COc1ccccc1C(C)Oc1cc(/C=C2\SC(=S)N(CC(=O)O)C2=O)ccc1OC(C)c1ccc(OC(F)(F)F)cc1. The Balaban J connectivity index is 1.64. The van der Waals surface area contributed by atoms with Crippen molar-refractivity contribution in [3.63, 3.8) is 0 Å². The number of hydrogen-bond acceptors (Lipinski definition) is 8. The lowest BCUT2D eigenvalue weighted by molar-refractivity contribution is -0.274. The van der Waals surface area contributed by atoms with E-state index in [-0.39, 0.29) is 15.0 Å². The summed E-state index contributed by atoms with van der Waals surface area (Å²) in [6.45, 7) is 3.02. The summed E-state index contributed by atoms with van der Waals surface area (Å²) < 4.78 is 59.7. The maximum atomic E-state index is 12.8. The molecular weight excluding hydrogens is 607 g/mol. The lowest BCUT2D eigenvalue weighted by Gasteiger charge is -2.22. The zero-order chi connectivity index (χ0) is 31.3. The van der Waals surface area contributed by atoms with Gasteiger partial charge in [0.25, 0.3) is 5.91 Å². The molecule has 4 rings (SSSR count). The molecule has 13 heteroatoms. The summed E-state index contributed by atoms with van der Waals surface area (Å²) in [6.07, 6.45) is -4.32. The van der Waals surface area contributed by atoms with E-state index < -0.39 is 37.0 Å². The van der Waals surface area contributed by atoms with Gasteiger partial charge in [-0.2, -0.15) is 0 Å². The van der Waals surface area contributed by atoms with Crippen molar-refractivity contribution in [1.82, 2.24) is 4.90 Å². The molecule has 1 heterocycles. The Labute approximate surface area is 255 Å². The zero-order valence-electron chi connectivity index (χ0n) is 23.1. The molecule has 2 unspecified atom stereocenters. The summed E-state index contributed by atoms with van der Waals surface area (Å²) in [5.74, 6) is -0.787. The first-order valence-electron chi connectivity index (χ1n) is 12.8. The van der Waals surface area contributed by atoms with E-state index in [2.05, 4.69) is 4.74 Å². The van der Waals surface area contributed by atoms with Crippen molar-refractivity contribution in [2.75, 3.05) is 13.7 Å². The predicted molar refractivity (Wildman–Crippen MR) is 158 cm³/mol. The topological polar surface area (TPSA) is 94.5 Å². The van der Waals surface area contributed by atoms with Crippen molar-refractivity contribution in [2.24, 2.45) is 0 Å². The van der Waals surface area contributed by atoms with Crippen LogP contribution in [0.25, 0.3) is 6.08 Å². The molecule has 0 saturated carbocycles. The van der Waals surface area contributed by atoms with Gasteiger partial charge in [0.1, 0.15) is 34.6 Å². The first-order valence-corrected chi connectivity index (χ1v) is 14.0. The molecular formula is C30H26F3NO7S2. The maximum absolute atomic E-state index is 12.8. The molecule has 0 radical (unpaired) electrons. The Hall–Kier alpha value is -4.23. The summed E-state index contributed by atoms with van der Waals surface area (Å²) in [7, 11) is 1.55. The average molecular weight is 634 g/mol. The molecule has 1 saturated heterocycles. The number of carboxylic acid groups (broad SMARTS) is 1. The number of ether oxygens (including phenoxy) is 4. The van der Waals surface area contributed by atoms with E-state index >= 15 is 0 Å². The number of thiocarbonyl (C=S) groups is 1. The number of carbonyl (C=O) groups excluding carboxylic acids is 1. The smallest absolute Gasteiger partial charge is 0.496 e. The zero-order valence-corrected chi connectivity index (χ0v) is 24.7. The molecule has 1 aliphatic rings. The average Bonchev–Trinajstić information content (AvgIpc) is 3.20. The number of halogens is 3. The summed E-state index contributed by atoms with van der Waals surface area (Å²) in [6, 6.07) is 17.7. The molecule has 0 bridgehead atoms. The minimum Gasteiger partial charge on any atom is -0.496 e. The van der Waals surface area contributed by atoms with Crippen molar-refractivity contribution < 1.29 is 46.8 Å². The maximum Gasteiger partial charge on any atom is 0.573 e. The monoisotopic (exact) mass is 633 g/mol. The summed E-state index contributed by atoms with van der Waals surface area (Å²) in [5.41, 5.74) is 1.92. The molecule has 1 aliphatic heterocycles. The molecule has 1 amide bonds. The van der Waals surface area contributed by atoms with Gasteiger partial charge >= 0.3 is 12.3 Å². The number of aliphatic carboxylic acids is 1. The second-order valence-electron chi connectivity index (χ2n) is 9.25. The summed E-state index contributed by atoms with van der Waals surface area (Å²) in [4.78, 5) is 25.2. The van der Waals surface area contributed by atoms with Crippen LogP contribution in [0, 0.1) is 0 Å². The van der Waals surface area contributed by atoms with E-state index in [1.807, 2.05) is 25.1 Å². The van der Waals surface area contributed by atoms with E-state index in [0.29, 0.717) is 28.4 Å². The number of carboxylic acids is 1. The number of carbonyl (C=O) groups is 2. The van der Waals surface area contributed by atoms with Crippen LogP contribution in [0.5, 0.6) is 23.0 Å². The number of thioether (sulfide) groups is 1. The van der Waals surface area contributed by atoms with Crippen LogP contribution in [0.15, 0.2) is 71.6 Å². The molecule has 3 aromatic carbocycles. The molecule has 8 nitrogen and oxygen atoms in total. The molecule has 1 N–H and O–H groups in total. The van der Waals surface area contributed by atoms with Gasteiger partial charge in [-0.3, -0.25) is 14.5 Å². The number of benzene rings is 3. The standard InChI is InChI=1S/C30H26F3NO7S2/c1-17(20-9-11-21(12-10-20)41-30(31,32)33)39-24-13-8-19(15-26-28(37)34(16-27(35)36)29(42)43-26)14-25(24)40-18(2)22-6-4-5-7-23(22)38-3/h4-15,17-18H,16H2,1-3H3,(H,35,36)/b26-15-. The van der Waals surface area contributed by atoms with E-state index in [9.17, 15) is 22.8 Å². The normalized spacial score (nSPS) is 15.8. The third kappa shape index (κ3) is 8.20. The van der Waals surface area contributed by atoms with Crippen molar-refractivity contribution in [1.29, 1.82) is 0 Å². The third-order valence-corrected chi connectivity index (χ3v) is 7.58. The molecule has 0 spiro atoms. The van der Waals surface area contributed by atoms with E-state index in [4.69, 9.17) is 31.5 Å². The second kappa shape index (κ2) is 13.4. The second-order valence-corrected chi connectivity index (χ2v) is 10.9. The lowest BCUT2D eigenvalue weighted by atomic mass is 10.1. The largest absolute Gasteiger partial charge is 0.573 e. The highest BCUT2D eigenvalue weighted by Crippen LogP contribution is 2.39. The van der Waals surface area contributed by atoms with Gasteiger partial charge in [-0.1, -0.05) is 60.4 Å². The van der Waals surface area contributed by atoms with Crippen LogP contribution in [-0.2, 0) is 9.59 Å². The van der Waals surface area contributed by atoms with Crippen LogP contribution in [0.3, 0.4) is 0 Å². The number of alkyl halides is 3. The first kappa shape index (κ1) is 31.7. The van der Waals surface area contributed by atoms with E-state index in [0.717, 1.165) is 22.2 Å². The molecule has 1 fully saturated rings. The third-order valence-electron chi connectivity index (χ3n) is 6.20. The van der Waals surface area contributed by atoms with Gasteiger partial charge < -0.3 is 24.1 Å². The summed E-state index contributed by atoms with van der Waals surface area (Å²) in [5, 5.41) is 9.11. The van der Waals surface area contributed by atoms with Crippen LogP contribution >= 0.6 is 24.0 Å². The Morgan fingerprint density at radius 1 is 1.00 bits per heavy atom. The molecule has 2 atom stereocenters. The highest BCUT2D eigenvalue weighted by atomic mass is 32.2. The fourth-order valence-corrected chi connectivity index (χ4v) is 5.44. The lowest BCUT2D eigenvalue weighted by Crippen LogP contribution is -2.33. The van der Waals surface area contributed by atoms with Crippen molar-refractivity contribution in [3.05, 3.63) is 88.3 Å². The minimum absolute atomic E-state index is 0.139. The molecule has 43 heavy (non-hydrogen) atoms. The molecule has 226 valence electrons. The Morgan fingerprint density at radius 3 is 2.33 bits per heavy atom. The quantitative estimate of drug-likeness (QED) is 0.174. The van der Waals surface area contributed by atoms with Crippen LogP contribution in [0.2, 0.25) is 0 Å². The highest BCUT2D eigenvalue weighted by molar-refractivity contribution is 8.26. The van der Waals surface area contributed by atoms with Crippen molar-refractivity contribution in [2.45, 2.75) is 32.4 Å². The Morgan fingerprint density at radius 2 is 1.67 bits per heavy atom. The van der Waals surface area contributed by atoms with E-state index in [1.54, 1.807) is 44.4 Å². The fraction of sp³-hybridized carbons (Fsp3) is 0.233. The van der Waals surface area contributed by atoms with Gasteiger partial charge in [-0.15, -0.1) is 13.2 Å². The summed E-state index contributed by atoms with van der Waals surface area (Å²) >= 11 is 6.18. The van der Waals surface area contributed by atoms with Gasteiger partial charge in [0.2, 0.25) is 0 Å². The van der Waals surface area contributed by atoms with Gasteiger partial charge in [0.05, 0.1) is 12.0 Å². The number of rotatable bonds is 11. The predicted octanol–water partition coefficient (Wildman–Crippen LogP) is 7.16. The highest BCUT2D eigenvalue weighted by Gasteiger charge is 2.33. The van der Waals surface area contributed by atoms with Crippen LogP contribution in [0.4, 0.5) is 13.2 Å². The van der Waals surface area contributed by atoms with E-state index in [1.165, 1.54) is 24.3 Å². The first-order chi connectivity index (χ1) is 20.3. The van der Waals surface area contributed by atoms with Crippen LogP contribution in [-0.4, -0.2) is 46.2 Å². The van der Waals surface area contributed by atoms with Crippen LogP contribution in [0.1, 0.15) is 42.7 Å². The van der Waals surface area contributed by atoms with Crippen molar-refractivity contribution in [3.8, 4) is 23.0 Å². The Bertz CT molecular complexity index is 1540. The molecule has 0 aliphatic carbocycles. The molecule has 0 aromatic heterocycles. The number of nitrogens with zero attached hydrogens (tertiary/aromatic N) is 1. The van der Waals surface area contributed by atoms with Gasteiger partial charge in [-0.25, -0.2) is 0 Å². The number of para-hydroxylation sites is 1. The van der Waals surface area contributed by atoms with Crippen molar-refractivity contribution >= 4 is 46.3 Å². The van der Waals surface area contributed by atoms with Gasteiger partial charge in [0, 0.05) is 5.56 Å². The molecule has 3 aromatic rings. The number of methoxy groups -OCH3 is 1. The fourth-order valence-electron chi connectivity index (χ4n) is 4.18. The van der Waals surface area contributed by atoms with Gasteiger partial charge in [-0.05, 0) is 61.4 Å². The number of amides is 1. The number of hydrogen-bond donors (Lipinski definition) is 1. The van der Waals surface area contributed by atoms with Crippen LogP contribution < -0.4 is 18.9 Å².